The van der Waals surface area contributed by atoms with E-state index in [1.807, 2.05) is 0 Å². The van der Waals surface area contributed by atoms with Gasteiger partial charge in [0.05, 0.1) is 12.7 Å². The fourth-order valence-electron chi connectivity index (χ4n) is 2.09. The van der Waals surface area contributed by atoms with E-state index in [2.05, 4.69) is 10.0 Å². The quantitative estimate of drug-likeness (QED) is 0.388. The van der Waals surface area contributed by atoms with Gasteiger partial charge in [-0.25, -0.2) is 0 Å². The highest BCUT2D eigenvalue weighted by molar-refractivity contribution is 4.98. The molecule has 0 amide bonds. The van der Waals surface area contributed by atoms with E-state index in [0.717, 1.165) is 0 Å². The predicted molar refractivity (Wildman–Crippen MR) is 49.1 cm³/mol. The Kier molecular flexibility index (Phi) is 3.08. The molecule has 7 heteroatoms. The normalized spacial score (nSPS) is 43.7. The van der Waals surface area contributed by atoms with Gasteiger partial charge in [-0.3, -0.25) is 0 Å². The van der Waals surface area contributed by atoms with E-state index in [-0.39, 0.29) is 18.3 Å². The van der Waals surface area contributed by atoms with Gasteiger partial charge in [-0.1, -0.05) is 5.11 Å². The molecular formula is C8H13N3O4. The van der Waals surface area contributed by atoms with Gasteiger partial charge in [-0.05, 0) is 5.53 Å². The largest absolute Gasteiger partial charge is 0.378 e. The van der Waals surface area contributed by atoms with Gasteiger partial charge in [0, 0.05) is 19.1 Å². The van der Waals surface area contributed by atoms with E-state index < -0.39 is 12.3 Å². The van der Waals surface area contributed by atoms with Gasteiger partial charge in [0.2, 0.25) is 0 Å². The molecule has 0 aliphatic carbocycles. The van der Waals surface area contributed by atoms with E-state index in [1.54, 1.807) is 14.2 Å². The Balaban J connectivity index is 2.24. The Hall–Kier alpha value is -0.850. The van der Waals surface area contributed by atoms with Crippen molar-refractivity contribution in [1.82, 2.24) is 0 Å². The van der Waals surface area contributed by atoms with Crippen molar-refractivity contribution in [1.29, 1.82) is 0 Å². The first-order valence-corrected chi connectivity index (χ1v) is 4.68. The lowest BCUT2D eigenvalue weighted by molar-refractivity contribution is -0.192. The van der Waals surface area contributed by atoms with Crippen molar-refractivity contribution in [3.8, 4) is 0 Å². The SMILES string of the molecule is CO[C@@H]1[C@@H](N=[N+]=[N-])[C@@H]2OC[C@@H](O2)[C@H]1OC. The molecule has 84 valence electrons. The third kappa shape index (κ3) is 1.68. The molecule has 2 bridgehead atoms. The van der Waals surface area contributed by atoms with Gasteiger partial charge >= 0.3 is 0 Å². The van der Waals surface area contributed by atoms with E-state index in [1.165, 1.54) is 0 Å². The lowest BCUT2D eigenvalue weighted by atomic mass is 9.99. The molecule has 2 heterocycles. The molecule has 5 atom stereocenters. The summed E-state index contributed by atoms with van der Waals surface area (Å²) in [4.78, 5) is 2.77. The first kappa shape index (κ1) is 10.7. The van der Waals surface area contributed by atoms with Crippen molar-refractivity contribution in [2.75, 3.05) is 20.8 Å². The second-order valence-electron chi connectivity index (χ2n) is 3.47. The minimum Gasteiger partial charge on any atom is -0.378 e. The minimum absolute atomic E-state index is 0.143. The van der Waals surface area contributed by atoms with E-state index in [4.69, 9.17) is 24.5 Å². The second-order valence-corrected chi connectivity index (χ2v) is 3.47. The van der Waals surface area contributed by atoms with Gasteiger partial charge in [-0.2, -0.15) is 0 Å². The highest BCUT2D eigenvalue weighted by Gasteiger charge is 2.51. The zero-order valence-corrected chi connectivity index (χ0v) is 8.57. The third-order valence-corrected chi connectivity index (χ3v) is 2.77. The van der Waals surface area contributed by atoms with Crippen LogP contribution in [0.1, 0.15) is 0 Å². The lowest BCUT2D eigenvalue weighted by Crippen LogP contribution is -2.54. The molecule has 2 fully saturated rings. The highest BCUT2D eigenvalue weighted by Crippen LogP contribution is 2.32. The zero-order chi connectivity index (χ0) is 10.8. The minimum atomic E-state index is -0.512. The fourth-order valence-corrected chi connectivity index (χ4v) is 2.09. The maximum atomic E-state index is 8.47. The van der Waals surface area contributed by atoms with Crippen LogP contribution in [-0.2, 0) is 18.9 Å². The standard InChI is InChI=1S/C8H13N3O4/c1-12-6-4-3-14-8(15-4)5(10-11-9)7(6)13-2/h4-8H,3H2,1-2H3/t4-,5-,6-,7-,8-/m1/s1. The highest BCUT2D eigenvalue weighted by atomic mass is 16.7. The molecule has 7 nitrogen and oxygen atoms in total. The van der Waals surface area contributed by atoms with Crippen molar-refractivity contribution in [3.63, 3.8) is 0 Å². The summed E-state index contributed by atoms with van der Waals surface area (Å²) in [6, 6.07) is -0.497. The topological polar surface area (TPSA) is 85.7 Å². The summed E-state index contributed by atoms with van der Waals surface area (Å²) < 4.78 is 21.4. The smallest absolute Gasteiger partial charge is 0.169 e. The molecule has 0 radical (unpaired) electrons. The monoisotopic (exact) mass is 215 g/mol. The summed E-state index contributed by atoms with van der Waals surface area (Å²) >= 11 is 0. The average Bonchev–Trinajstić information content (AvgIpc) is 2.67. The Morgan fingerprint density at radius 3 is 2.67 bits per heavy atom. The zero-order valence-electron chi connectivity index (χ0n) is 8.57. The molecule has 15 heavy (non-hydrogen) atoms. The Morgan fingerprint density at radius 2 is 2.07 bits per heavy atom. The fraction of sp³-hybridized carbons (Fsp3) is 1.00. The Labute approximate surface area is 86.9 Å². The van der Waals surface area contributed by atoms with Crippen LogP contribution in [0, 0.1) is 0 Å². The molecular weight excluding hydrogens is 202 g/mol. The maximum absolute atomic E-state index is 8.47. The van der Waals surface area contributed by atoms with Crippen LogP contribution in [0.4, 0.5) is 0 Å². The summed E-state index contributed by atoms with van der Waals surface area (Å²) in [5.41, 5.74) is 8.47. The summed E-state index contributed by atoms with van der Waals surface area (Å²) in [7, 11) is 3.13. The van der Waals surface area contributed by atoms with E-state index in [9.17, 15) is 0 Å². The molecule has 0 N–H and O–H groups in total. The van der Waals surface area contributed by atoms with Gasteiger partial charge in [0.25, 0.3) is 0 Å². The second kappa shape index (κ2) is 4.34. The number of hydrogen-bond donors (Lipinski definition) is 0. The third-order valence-electron chi connectivity index (χ3n) is 2.77. The van der Waals surface area contributed by atoms with Gasteiger partial charge in [0.15, 0.2) is 6.29 Å². The number of fused-ring (bicyclic) bond motifs is 2. The van der Waals surface area contributed by atoms with Gasteiger partial charge in [0.1, 0.15) is 18.2 Å². The van der Waals surface area contributed by atoms with Crippen LogP contribution in [0.3, 0.4) is 0 Å². The molecule has 2 aliphatic rings. The molecule has 0 aromatic carbocycles. The molecule has 0 aromatic heterocycles. The van der Waals surface area contributed by atoms with Gasteiger partial charge < -0.3 is 18.9 Å². The maximum Gasteiger partial charge on any atom is 0.169 e. The summed E-state index contributed by atoms with van der Waals surface area (Å²) in [6.45, 7) is 0.445. The summed E-state index contributed by atoms with van der Waals surface area (Å²) in [6.07, 6.45) is -1.24. The molecule has 0 aromatic rings. The van der Waals surface area contributed by atoms with Crippen molar-refractivity contribution in [2.24, 2.45) is 5.11 Å². The van der Waals surface area contributed by atoms with Crippen molar-refractivity contribution in [2.45, 2.75) is 30.6 Å². The number of nitrogens with zero attached hydrogens (tertiary/aromatic N) is 3. The van der Waals surface area contributed by atoms with Crippen LogP contribution in [-0.4, -0.2) is 51.5 Å². The number of ether oxygens (including phenoxy) is 4. The molecule has 0 spiro atoms. The van der Waals surface area contributed by atoms with Crippen LogP contribution in [0.15, 0.2) is 5.11 Å². The Morgan fingerprint density at radius 1 is 1.33 bits per heavy atom. The number of rotatable bonds is 3. The van der Waals surface area contributed by atoms with Crippen molar-refractivity contribution in [3.05, 3.63) is 10.4 Å². The molecule has 2 saturated heterocycles. The number of azide groups is 1. The van der Waals surface area contributed by atoms with Crippen LogP contribution in [0.2, 0.25) is 0 Å². The van der Waals surface area contributed by atoms with E-state index in [0.29, 0.717) is 6.61 Å². The van der Waals surface area contributed by atoms with Gasteiger partial charge in [-0.15, -0.1) is 0 Å². The van der Waals surface area contributed by atoms with E-state index >= 15 is 0 Å². The molecule has 2 aliphatic heterocycles. The Bertz CT molecular complexity index is 281. The van der Waals surface area contributed by atoms with Crippen LogP contribution in [0.5, 0.6) is 0 Å². The van der Waals surface area contributed by atoms with Crippen molar-refractivity contribution >= 4 is 0 Å². The summed E-state index contributed by atoms with van der Waals surface area (Å²) in [5, 5.41) is 3.64. The first-order valence-electron chi connectivity index (χ1n) is 4.68. The summed E-state index contributed by atoms with van der Waals surface area (Å²) in [5.74, 6) is 0. The molecule has 2 rings (SSSR count). The van der Waals surface area contributed by atoms with Crippen LogP contribution in [0.25, 0.3) is 10.4 Å². The first-order chi connectivity index (χ1) is 7.31. The van der Waals surface area contributed by atoms with Crippen LogP contribution >= 0.6 is 0 Å². The number of methoxy groups -OCH3 is 2. The number of hydrogen-bond acceptors (Lipinski definition) is 5. The van der Waals surface area contributed by atoms with Crippen LogP contribution < -0.4 is 0 Å². The van der Waals surface area contributed by atoms with Crippen molar-refractivity contribution < 1.29 is 18.9 Å². The average molecular weight is 215 g/mol. The predicted octanol–water partition coefficient (Wildman–Crippen LogP) is 0.450. The molecule has 0 unspecified atom stereocenters. The lowest BCUT2D eigenvalue weighted by Gasteiger charge is -2.37. The molecule has 0 saturated carbocycles.